The van der Waals surface area contributed by atoms with Crippen molar-refractivity contribution >= 4 is 32.9 Å². The van der Waals surface area contributed by atoms with Crippen LogP contribution in [0.3, 0.4) is 0 Å². The van der Waals surface area contributed by atoms with E-state index in [1.165, 1.54) is 34.2 Å². The zero-order valence-electron chi connectivity index (χ0n) is 24.2. The summed E-state index contributed by atoms with van der Waals surface area (Å²) in [6.07, 6.45) is 4.35. The molecule has 9 heteroatoms. The van der Waals surface area contributed by atoms with Gasteiger partial charge in [0.1, 0.15) is 0 Å². The Kier molecular flexibility index (Phi) is 11.7. The Morgan fingerprint density at radius 3 is 2.24 bits per heavy atom. The minimum atomic E-state index is -4.67. The number of carbonyl (C=O) groups is 1. The zero-order chi connectivity index (χ0) is 30.0. The molecule has 0 aliphatic carbocycles. The standard InChI is InChI=1S/C32H39N3O.H2O4S/c1-5-6-12-30-28(19-20-35(4)22-24-10-8-7-9-11-24)29-21-27(17-18-31(29)34-30)33-32(36)26-15-13-25(14-16-26)23(2)3;1-5(2,3)4/h7-11,13-18,21,23,34H,5-6,12,19-20,22H2,1-4H3,(H,33,36);(H2,1,2,3,4). The first kappa shape index (κ1) is 32.0. The monoisotopic (exact) mass is 579 g/mol. The minimum Gasteiger partial charge on any atom is -0.358 e. The molecule has 0 unspecified atom stereocenters. The fourth-order valence-electron chi connectivity index (χ4n) is 4.73. The smallest absolute Gasteiger partial charge is 0.358 e. The molecule has 1 amide bonds. The number of H-pyrrole nitrogens is 1. The van der Waals surface area contributed by atoms with E-state index >= 15 is 0 Å². The molecule has 0 atom stereocenters. The number of rotatable bonds is 11. The first-order valence-electron chi connectivity index (χ1n) is 13.9. The summed E-state index contributed by atoms with van der Waals surface area (Å²) in [6, 6.07) is 24.7. The molecule has 0 saturated carbocycles. The van der Waals surface area contributed by atoms with Gasteiger partial charge in [-0.3, -0.25) is 13.9 Å². The van der Waals surface area contributed by atoms with E-state index in [1.807, 2.05) is 30.3 Å². The predicted octanol–water partition coefficient (Wildman–Crippen LogP) is 6.91. The van der Waals surface area contributed by atoms with Gasteiger partial charge in [-0.05, 0) is 79.3 Å². The lowest BCUT2D eigenvalue weighted by molar-refractivity contribution is 0.102. The van der Waals surface area contributed by atoms with Crippen LogP contribution in [0.15, 0.2) is 72.8 Å². The largest absolute Gasteiger partial charge is 0.394 e. The molecule has 8 nitrogen and oxygen atoms in total. The molecule has 4 rings (SSSR count). The fraction of sp³-hybridized carbons (Fsp3) is 0.344. The van der Waals surface area contributed by atoms with Crippen molar-refractivity contribution in [3.05, 3.63) is 101 Å². The van der Waals surface area contributed by atoms with Crippen LogP contribution in [-0.2, 0) is 29.8 Å². The second kappa shape index (κ2) is 14.9. The number of nitrogens with one attached hydrogen (secondary N) is 2. The number of hydrogen-bond donors (Lipinski definition) is 4. The predicted molar refractivity (Wildman–Crippen MR) is 166 cm³/mol. The normalized spacial score (nSPS) is 11.5. The minimum absolute atomic E-state index is 0.0736. The highest BCUT2D eigenvalue weighted by molar-refractivity contribution is 7.79. The Balaban J connectivity index is 0.000000850. The van der Waals surface area contributed by atoms with Crippen molar-refractivity contribution in [2.24, 2.45) is 0 Å². The first-order chi connectivity index (χ1) is 19.4. The van der Waals surface area contributed by atoms with Gasteiger partial charge in [0, 0.05) is 40.9 Å². The Morgan fingerprint density at radius 2 is 1.63 bits per heavy atom. The quantitative estimate of drug-likeness (QED) is 0.143. The van der Waals surface area contributed by atoms with Crippen LogP contribution < -0.4 is 5.32 Å². The molecule has 0 radical (unpaired) electrons. The lowest BCUT2D eigenvalue weighted by Crippen LogP contribution is -2.21. The number of carbonyl (C=O) groups excluding carboxylic acids is 1. The van der Waals surface area contributed by atoms with E-state index < -0.39 is 10.4 Å². The fourth-order valence-corrected chi connectivity index (χ4v) is 4.73. The van der Waals surface area contributed by atoms with Crippen LogP contribution in [0.5, 0.6) is 0 Å². The third-order valence-electron chi connectivity index (χ3n) is 6.91. The van der Waals surface area contributed by atoms with Crippen LogP contribution in [0, 0.1) is 0 Å². The number of hydrogen-bond acceptors (Lipinski definition) is 4. The summed E-state index contributed by atoms with van der Waals surface area (Å²) in [5.74, 6) is 0.376. The average molecular weight is 580 g/mol. The number of unbranched alkanes of at least 4 members (excludes halogenated alkanes) is 1. The third-order valence-corrected chi connectivity index (χ3v) is 6.91. The number of anilines is 1. The molecule has 1 heterocycles. The van der Waals surface area contributed by atoms with E-state index in [0.717, 1.165) is 43.6 Å². The summed E-state index contributed by atoms with van der Waals surface area (Å²) < 4.78 is 31.6. The van der Waals surface area contributed by atoms with Crippen LogP contribution in [0.2, 0.25) is 0 Å². The maximum absolute atomic E-state index is 12.9. The van der Waals surface area contributed by atoms with Crippen molar-refractivity contribution in [1.82, 2.24) is 9.88 Å². The SMILES string of the molecule is CCCCc1[nH]c2ccc(NC(=O)c3ccc(C(C)C)cc3)cc2c1CCN(C)Cc1ccccc1.O=S(=O)(O)O. The molecule has 220 valence electrons. The highest BCUT2D eigenvalue weighted by Crippen LogP contribution is 2.28. The van der Waals surface area contributed by atoms with E-state index in [4.69, 9.17) is 17.5 Å². The van der Waals surface area contributed by atoms with Crippen LogP contribution in [0.25, 0.3) is 10.9 Å². The topological polar surface area (TPSA) is 123 Å². The van der Waals surface area contributed by atoms with Crippen molar-refractivity contribution in [2.75, 3.05) is 18.9 Å². The van der Waals surface area contributed by atoms with Gasteiger partial charge in [-0.15, -0.1) is 0 Å². The Labute approximate surface area is 243 Å². The van der Waals surface area contributed by atoms with Gasteiger partial charge in [0.2, 0.25) is 0 Å². The second-order valence-corrected chi connectivity index (χ2v) is 11.5. The average Bonchev–Trinajstić information content (AvgIpc) is 3.27. The van der Waals surface area contributed by atoms with Gasteiger partial charge in [-0.1, -0.05) is 69.7 Å². The van der Waals surface area contributed by atoms with Gasteiger partial charge in [0.25, 0.3) is 5.91 Å². The molecule has 0 aliphatic rings. The van der Waals surface area contributed by atoms with E-state index in [-0.39, 0.29) is 5.91 Å². The summed E-state index contributed by atoms with van der Waals surface area (Å²) in [6.45, 7) is 8.46. The first-order valence-corrected chi connectivity index (χ1v) is 15.3. The Morgan fingerprint density at radius 1 is 0.976 bits per heavy atom. The number of amides is 1. The zero-order valence-corrected chi connectivity index (χ0v) is 25.0. The van der Waals surface area contributed by atoms with Gasteiger partial charge in [0.15, 0.2) is 0 Å². The van der Waals surface area contributed by atoms with E-state index in [0.29, 0.717) is 11.5 Å². The number of aromatic amines is 1. The molecule has 0 fully saturated rings. The highest BCUT2D eigenvalue weighted by atomic mass is 32.3. The lowest BCUT2D eigenvalue weighted by Gasteiger charge is -2.17. The molecular weight excluding hydrogens is 538 g/mol. The molecule has 0 saturated heterocycles. The molecule has 41 heavy (non-hydrogen) atoms. The number of aromatic nitrogens is 1. The maximum atomic E-state index is 12.9. The molecule has 4 aromatic rings. The summed E-state index contributed by atoms with van der Waals surface area (Å²) >= 11 is 0. The van der Waals surface area contributed by atoms with Crippen molar-refractivity contribution < 1.29 is 22.3 Å². The number of fused-ring (bicyclic) bond motifs is 1. The lowest BCUT2D eigenvalue weighted by atomic mass is 10.0. The molecular formula is C32H41N3O5S. The van der Waals surface area contributed by atoms with Crippen LogP contribution in [-0.4, -0.2) is 46.9 Å². The second-order valence-electron chi connectivity index (χ2n) is 10.6. The van der Waals surface area contributed by atoms with Gasteiger partial charge in [-0.2, -0.15) is 8.42 Å². The Bertz CT molecular complexity index is 1510. The van der Waals surface area contributed by atoms with Gasteiger partial charge >= 0.3 is 10.4 Å². The van der Waals surface area contributed by atoms with Crippen molar-refractivity contribution in [3.63, 3.8) is 0 Å². The maximum Gasteiger partial charge on any atom is 0.394 e. The highest BCUT2D eigenvalue weighted by Gasteiger charge is 2.14. The van der Waals surface area contributed by atoms with Crippen molar-refractivity contribution in [3.8, 4) is 0 Å². The molecule has 0 aliphatic heterocycles. The summed E-state index contributed by atoms with van der Waals surface area (Å²) in [7, 11) is -2.48. The van der Waals surface area contributed by atoms with Crippen molar-refractivity contribution in [2.45, 2.75) is 58.9 Å². The van der Waals surface area contributed by atoms with E-state index in [1.54, 1.807) is 0 Å². The van der Waals surface area contributed by atoms with Gasteiger partial charge in [-0.25, -0.2) is 0 Å². The third kappa shape index (κ3) is 10.4. The molecule has 0 bridgehead atoms. The molecule has 0 spiro atoms. The summed E-state index contributed by atoms with van der Waals surface area (Å²) in [5.41, 5.74) is 7.92. The molecule has 4 N–H and O–H groups in total. The summed E-state index contributed by atoms with van der Waals surface area (Å²) in [5, 5.41) is 4.32. The number of nitrogens with zero attached hydrogens (tertiary/aromatic N) is 1. The number of likely N-dealkylation sites (N-methyl/N-ethyl adjacent to an activating group) is 1. The van der Waals surface area contributed by atoms with Gasteiger partial charge < -0.3 is 15.2 Å². The van der Waals surface area contributed by atoms with Crippen LogP contribution >= 0.6 is 0 Å². The number of benzene rings is 3. The number of aryl methyl sites for hydroxylation is 1. The van der Waals surface area contributed by atoms with E-state index in [2.05, 4.69) is 85.5 Å². The van der Waals surface area contributed by atoms with Gasteiger partial charge in [0.05, 0.1) is 0 Å². The van der Waals surface area contributed by atoms with E-state index in [9.17, 15) is 4.79 Å². The van der Waals surface area contributed by atoms with Crippen LogP contribution in [0.1, 0.15) is 72.3 Å². The molecule has 3 aromatic carbocycles. The van der Waals surface area contributed by atoms with Crippen LogP contribution in [0.4, 0.5) is 5.69 Å². The van der Waals surface area contributed by atoms with Crippen molar-refractivity contribution in [1.29, 1.82) is 0 Å². The Hall–Kier alpha value is -3.50. The molecule has 1 aromatic heterocycles. The summed E-state index contributed by atoms with van der Waals surface area (Å²) in [4.78, 5) is 19.0.